The molecule has 0 bridgehead atoms. The quantitative estimate of drug-likeness (QED) is 0.701. The van der Waals surface area contributed by atoms with Crippen LogP contribution in [0.4, 0.5) is 30.4 Å². The molecule has 2 amide bonds. The predicted molar refractivity (Wildman–Crippen MR) is 108 cm³/mol. The van der Waals surface area contributed by atoms with Gasteiger partial charge in [-0.25, -0.2) is 4.98 Å². The number of hydrogen-bond donors (Lipinski definition) is 2. The Morgan fingerprint density at radius 3 is 2.37 bits per heavy atom. The molecule has 2 N–H and O–H groups in total. The van der Waals surface area contributed by atoms with Crippen molar-refractivity contribution in [2.45, 2.75) is 19.0 Å². The molecule has 0 aliphatic carbocycles. The van der Waals surface area contributed by atoms with Crippen LogP contribution in [-0.2, 0) is 9.59 Å². The van der Waals surface area contributed by atoms with Gasteiger partial charge in [-0.05, 0) is 56.3 Å². The fourth-order valence-corrected chi connectivity index (χ4v) is 3.36. The standard InChI is InChI=1S/C19H17Cl2F3N4O2/c20-12-1-3-14(27-17(29)11-5-7-25-8-6-11)15(9-12)28(18(30)19(22,23)24)16-4-2-13(21)10-26-16/h1-4,9-11,25H,5-8H2,(H,27,29). The van der Waals surface area contributed by atoms with Gasteiger partial charge in [0.05, 0.1) is 16.4 Å². The Balaban J connectivity index is 2.04. The second-order valence-electron chi connectivity index (χ2n) is 6.65. The maximum atomic E-state index is 13.4. The number of hydrogen-bond acceptors (Lipinski definition) is 4. The lowest BCUT2D eigenvalue weighted by Gasteiger charge is -2.27. The van der Waals surface area contributed by atoms with Crippen LogP contribution in [0.2, 0.25) is 10.0 Å². The van der Waals surface area contributed by atoms with Gasteiger partial charge in [-0.1, -0.05) is 23.2 Å². The van der Waals surface area contributed by atoms with Gasteiger partial charge in [0.15, 0.2) is 0 Å². The Kier molecular flexibility index (Phi) is 6.84. The monoisotopic (exact) mass is 460 g/mol. The average Bonchev–Trinajstić information content (AvgIpc) is 2.71. The van der Waals surface area contributed by atoms with E-state index in [4.69, 9.17) is 23.2 Å². The Bertz CT molecular complexity index is 932. The summed E-state index contributed by atoms with van der Waals surface area (Å²) in [6, 6.07) is 6.40. The number of amides is 2. The zero-order valence-corrected chi connectivity index (χ0v) is 17.0. The highest BCUT2D eigenvalue weighted by molar-refractivity contribution is 6.31. The number of carbonyl (C=O) groups excluding carboxylic acids is 2. The van der Waals surface area contributed by atoms with Gasteiger partial charge >= 0.3 is 12.1 Å². The summed E-state index contributed by atoms with van der Waals surface area (Å²) in [6.45, 7) is 1.33. The summed E-state index contributed by atoms with van der Waals surface area (Å²) < 4.78 is 40.1. The molecule has 1 aliphatic rings. The number of nitrogens with one attached hydrogen (secondary N) is 2. The molecular formula is C19H17Cl2F3N4O2. The molecule has 11 heteroatoms. The average molecular weight is 461 g/mol. The molecule has 0 saturated carbocycles. The fourth-order valence-electron chi connectivity index (χ4n) is 3.08. The minimum atomic E-state index is -5.19. The van der Waals surface area contributed by atoms with Gasteiger partial charge in [0.1, 0.15) is 5.82 Å². The fraction of sp³-hybridized carbons (Fsp3) is 0.316. The van der Waals surface area contributed by atoms with Crippen LogP contribution in [0.25, 0.3) is 0 Å². The molecule has 6 nitrogen and oxygen atoms in total. The van der Waals surface area contributed by atoms with Crippen molar-refractivity contribution in [3.05, 3.63) is 46.6 Å². The summed E-state index contributed by atoms with van der Waals surface area (Å²) in [4.78, 5) is 29.1. The number of aromatic nitrogens is 1. The van der Waals surface area contributed by atoms with Crippen LogP contribution in [0.15, 0.2) is 36.5 Å². The minimum absolute atomic E-state index is 0.0114. The first-order valence-corrected chi connectivity index (χ1v) is 9.76. The number of halogens is 5. The first-order chi connectivity index (χ1) is 14.2. The summed E-state index contributed by atoms with van der Waals surface area (Å²) >= 11 is 11.8. The first kappa shape index (κ1) is 22.3. The number of rotatable bonds is 4. The number of carbonyl (C=O) groups is 2. The second-order valence-corrected chi connectivity index (χ2v) is 7.52. The molecule has 2 aromatic rings. The second kappa shape index (κ2) is 9.20. The number of anilines is 3. The van der Waals surface area contributed by atoms with E-state index < -0.39 is 12.1 Å². The molecule has 3 rings (SSSR count). The van der Waals surface area contributed by atoms with E-state index in [-0.39, 0.29) is 39.1 Å². The third-order valence-corrected chi connectivity index (χ3v) is 5.01. The van der Waals surface area contributed by atoms with E-state index in [1.54, 1.807) is 0 Å². The third kappa shape index (κ3) is 5.21. The molecule has 2 heterocycles. The van der Waals surface area contributed by atoms with Gasteiger partial charge in [0.25, 0.3) is 0 Å². The van der Waals surface area contributed by atoms with Gasteiger partial charge in [0.2, 0.25) is 5.91 Å². The van der Waals surface area contributed by atoms with E-state index in [9.17, 15) is 22.8 Å². The van der Waals surface area contributed by atoms with Crippen molar-refractivity contribution in [3.63, 3.8) is 0 Å². The van der Waals surface area contributed by atoms with Crippen LogP contribution in [-0.4, -0.2) is 36.1 Å². The van der Waals surface area contributed by atoms with Crippen LogP contribution < -0.4 is 15.5 Å². The van der Waals surface area contributed by atoms with Crippen molar-refractivity contribution < 1.29 is 22.8 Å². The summed E-state index contributed by atoms with van der Waals surface area (Å²) in [5.41, 5.74) is -0.237. The zero-order valence-electron chi connectivity index (χ0n) is 15.5. The van der Waals surface area contributed by atoms with Gasteiger partial charge in [-0.15, -0.1) is 0 Å². The molecule has 30 heavy (non-hydrogen) atoms. The van der Waals surface area contributed by atoms with E-state index in [0.717, 1.165) is 6.20 Å². The topological polar surface area (TPSA) is 74.3 Å². The maximum Gasteiger partial charge on any atom is 0.472 e. The van der Waals surface area contributed by atoms with Gasteiger partial charge in [-0.3, -0.25) is 14.5 Å². The van der Waals surface area contributed by atoms with Gasteiger partial charge in [-0.2, -0.15) is 13.2 Å². The number of alkyl halides is 3. The largest absolute Gasteiger partial charge is 0.472 e. The highest BCUT2D eigenvalue weighted by Gasteiger charge is 2.45. The van der Waals surface area contributed by atoms with E-state index >= 15 is 0 Å². The smallest absolute Gasteiger partial charge is 0.324 e. The number of pyridine rings is 1. The van der Waals surface area contributed by atoms with Crippen LogP contribution in [0.3, 0.4) is 0 Å². The van der Waals surface area contributed by atoms with E-state index in [1.165, 1.54) is 30.3 Å². The summed E-state index contributed by atoms with van der Waals surface area (Å²) in [5.74, 6) is -3.14. The summed E-state index contributed by atoms with van der Waals surface area (Å²) in [7, 11) is 0. The van der Waals surface area contributed by atoms with E-state index in [0.29, 0.717) is 30.8 Å². The Hall–Kier alpha value is -2.36. The molecule has 1 fully saturated rings. The normalized spacial score (nSPS) is 15.0. The highest BCUT2D eigenvalue weighted by Crippen LogP contribution is 2.37. The van der Waals surface area contributed by atoms with Crippen molar-refractivity contribution in [1.82, 2.24) is 10.3 Å². The predicted octanol–water partition coefficient (Wildman–Crippen LogP) is 4.55. The van der Waals surface area contributed by atoms with Crippen LogP contribution in [0.1, 0.15) is 12.8 Å². The highest BCUT2D eigenvalue weighted by atomic mass is 35.5. The lowest BCUT2D eigenvalue weighted by atomic mass is 9.97. The lowest BCUT2D eigenvalue weighted by Crippen LogP contribution is -2.39. The summed E-state index contributed by atoms with van der Waals surface area (Å²) in [5, 5.41) is 6.03. The van der Waals surface area contributed by atoms with Gasteiger partial charge < -0.3 is 10.6 Å². The SMILES string of the molecule is O=C(Nc1ccc(Cl)cc1N(C(=O)C(F)(F)F)c1ccc(Cl)cn1)C1CCNCC1. The van der Waals surface area contributed by atoms with Crippen molar-refractivity contribution in [2.75, 3.05) is 23.3 Å². The Morgan fingerprint density at radius 1 is 1.10 bits per heavy atom. The molecule has 0 unspecified atom stereocenters. The van der Waals surface area contributed by atoms with Crippen LogP contribution in [0, 0.1) is 5.92 Å². The number of piperidine rings is 1. The third-order valence-electron chi connectivity index (χ3n) is 4.55. The molecule has 0 spiro atoms. The number of benzene rings is 1. The van der Waals surface area contributed by atoms with Crippen LogP contribution >= 0.6 is 23.2 Å². The molecule has 0 atom stereocenters. The van der Waals surface area contributed by atoms with Crippen molar-refractivity contribution in [2.24, 2.45) is 5.92 Å². The molecule has 1 aliphatic heterocycles. The lowest BCUT2D eigenvalue weighted by molar-refractivity contribution is -0.169. The Morgan fingerprint density at radius 2 is 1.77 bits per heavy atom. The molecule has 1 aromatic carbocycles. The first-order valence-electron chi connectivity index (χ1n) is 9.01. The summed E-state index contributed by atoms with van der Waals surface area (Å²) in [6.07, 6.45) is -2.89. The minimum Gasteiger partial charge on any atom is -0.324 e. The number of nitrogens with zero attached hydrogens (tertiary/aromatic N) is 2. The Labute approximate surface area is 180 Å². The van der Waals surface area contributed by atoms with Crippen molar-refractivity contribution in [3.8, 4) is 0 Å². The van der Waals surface area contributed by atoms with Crippen molar-refractivity contribution in [1.29, 1.82) is 0 Å². The zero-order chi connectivity index (χ0) is 21.9. The van der Waals surface area contributed by atoms with Crippen LogP contribution in [0.5, 0.6) is 0 Å². The maximum absolute atomic E-state index is 13.4. The molecule has 160 valence electrons. The molecule has 0 radical (unpaired) electrons. The van der Waals surface area contributed by atoms with Gasteiger partial charge in [0, 0.05) is 17.1 Å². The van der Waals surface area contributed by atoms with E-state index in [2.05, 4.69) is 15.6 Å². The molecular weight excluding hydrogens is 444 g/mol. The van der Waals surface area contributed by atoms with E-state index in [1.807, 2.05) is 0 Å². The molecule has 1 aromatic heterocycles. The van der Waals surface area contributed by atoms with Crippen molar-refractivity contribution >= 4 is 52.2 Å². The molecule has 1 saturated heterocycles.